The highest BCUT2D eigenvalue weighted by atomic mass is 32.2. The summed E-state index contributed by atoms with van der Waals surface area (Å²) in [7, 11) is 0. The summed E-state index contributed by atoms with van der Waals surface area (Å²) < 4.78 is 3.26. The van der Waals surface area contributed by atoms with Crippen LogP contribution in [0.4, 0.5) is 0 Å². The number of carbonyl (C=O) groups excluding carboxylic acids is 1. The Hall–Kier alpha value is -2.64. The number of amides is 1. The molecule has 4 aromatic rings. The average molecular weight is 438 g/mol. The quantitative estimate of drug-likeness (QED) is 0.449. The van der Waals surface area contributed by atoms with Crippen molar-refractivity contribution < 1.29 is 4.79 Å². The number of carbonyl (C=O) groups is 1. The predicted molar refractivity (Wildman–Crippen MR) is 126 cm³/mol. The molecule has 0 aliphatic rings. The van der Waals surface area contributed by atoms with E-state index in [4.69, 9.17) is 0 Å². The number of benzene rings is 2. The van der Waals surface area contributed by atoms with Crippen LogP contribution in [0.5, 0.6) is 0 Å². The number of rotatable bonds is 6. The van der Waals surface area contributed by atoms with E-state index in [1.54, 1.807) is 30.0 Å². The Morgan fingerprint density at radius 3 is 2.67 bits per heavy atom. The minimum Gasteiger partial charge on any atom is -0.354 e. The number of aryl methyl sites for hydroxylation is 1. The first-order chi connectivity index (χ1) is 14.5. The van der Waals surface area contributed by atoms with E-state index < -0.39 is 6.04 Å². The van der Waals surface area contributed by atoms with Crippen LogP contribution in [0.1, 0.15) is 24.2 Å². The Morgan fingerprint density at radius 2 is 1.93 bits per heavy atom. The monoisotopic (exact) mass is 437 g/mol. The van der Waals surface area contributed by atoms with Crippen LogP contribution >= 0.6 is 23.1 Å². The summed E-state index contributed by atoms with van der Waals surface area (Å²) in [5.74, 6) is -0.205. The molecule has 5 nitrogen and oxygen atoms in total. The average Bonchev–Trinajstić information content (AvgIpc) is 3.17. The SMILES string of the molecule is CSc1ccc(CCNC(=O)[C@@H](C)n2nc(C)c3sc4ccccc4c3c2=O)cc1. The first kappa shape index (κ1) is 20.6. The van der Waals surface area contributed by atoms with Crippen molar-refractivity contribution in [2.24, 2.45) is 0 Å². The smallest absolute Gasteiger partial charge is 0.276 e. The van der Waals surface area contributed by atoms with Crippen molar-refractivity contribution in [2.45, 2.75) is 31.2 Å². The highest BCUT2D eigenvalue weighted by Gasteiger charge is 2.21. The maximum absolute atomic E-state index is 13.2. The van der Waals surface area contributed by atoms with Gasteiger partial charge >= 0.3 is 0 Å². The molecule has 154 valence electrons. The molecule has 1 N–H and O–H groups in total. The van der Waals surface area contributed by atoms with Gasteiger partial charge in [0.2, 0.25) is 5.91 Å². The van der Waals surface area contributed by atoms with Crippen LogP contribution in [0.2, 0.25) is 0 Å². The van der Waals surface area contributed by atoms with Gasteiger partial charge < -0.3 is 5.32 Å². The fourth-order valence-electron chi connectivity index (χ4n) is 3.52. The summed E-state index contributed by atoms with van der Waals surface area (Å²) in [6, 6.07) is 15.5. The van der Waals surface area contributed by atoms with Crippen LogP contribution in [0, 0.1) is 6.92 Å². The maximum Gasteiger partial charge on any atom is 0.276 e. The molecule has 2 heterocycles. The van der Waals surface area contributed by atoms with Crippen molar-refractivity contribution >= 4 is 49.2 Å². The number of nitrogens with one attached hydrogen (secondary N) is 1. The Kier molecular flexibility index (Phi) is 5.92. The number of nitrogens with zero attached hydrogens (tertiary/aromatic N) is 2. The second-order valence-corrected chi connectivity index (χ2v) is 9.13. The topological polar surface area (TPSA) is 64.0 Å². The number of thiophene rings is 1. The zero-order chi connectivity index (χ0) is 21.3. The van der Waals surface area contributed by atoms with Gasteiger partial charge in [-0.05, 0) is 50.3 Å². The molecule has 2 aromatic carbocycles. The zero-order valence-corrected chi connectivity index (χ0v) is 18.8. The second kappa shape index (κ2) is 8.62. The summed E-state index contributed by atoms with van der Waals surface area (Å²) in [6.45, 7) is 4.12. The molecule has 4 rings (SSSR count). The predicted octanol–water partition coefficient (Wildman–Crippen LogP) is 4.56. The molecule has 0 fully saturated rings. The summed E-state index contributed by atoms with van der Waals surface area (Å²) in [5, 5.41) is 8.97. The van der Waals surface area contributed by atoms with Crippen molar-refractivity contribution in [2.75, 3.05) is 12.8 Å². The summed E-state index contributed by atoms with van der Waals surface area (Å²) in [6.07, 6.45) is 2.78. The maximum atomic E-state index is 13.2. The number of hydrogen-bond acceptors (Lipinski definition) is 5. The molecular weight excluding hydrogens is 414 g/mol. The summed E-state index contributed by atoms with van der Waals surface area (Å²) in [4.78, 5) is 27.1. The summed E-state index contributed by atoms with van der Waals surface area (Å²) in [5.41, 5.74) is 1.71. The fraction of sp³-hybridized carbons (Fsp3) is 0.261. The van der Waals surface area contributed by atoms with E-state index in [0.717, 1.165) is 32.5 Å². The second-order valence-electron chi connectivity index (χ2n) is 7.20. The molecule has 30 heavy (non-hydrogen) atoms. The van der Waals surface area contributed by atoms with Gasteiger partial charge in [0.25, 0.3) is 5.56 Å². The van der Waals surface area contributed by atoms with Gasteiger partial charge in [0, 0.05) is 21.5 Å². The van der Waals surface area contributed by atoms with Crippen LogP contribution in [0.3, 0.4) is 0 Å². The molecule has 0 saturated heterocycles. The molecule has 2 aromatic heterocycles. The molecule has 1 atom stereocenters. The van der Waals surface area contributed by atoms with Crippen LogP contribution in [0.25, 0.3) is 20.2 Å². The Balaban J connectivity index is 1.54. The molecule has 0 spiro atoms. The zero-order valence-electron chi connectivity index (χ0n) is 17.1. The third-order valence-electron chi connectivity index (χ3n) is 5.22. The standard InChI is InChI=1S/C23H23N3O2S2/c1-14-21-20(18-6-4-5-7-19(18)30-21)23(28)26(25-14)15(2)22(27)24-13-12-16-8-10-17(29-3)11-9-16/h4-11,15H,12-13H2,1-3H3,(H,24,27)/t15-/m1/s1. The van der Waals surface area contributed by atoms with Gasteiger partial charge in [-0.3, -0.25) is 9.59 Å². The molecule has 1 amide bonds. The lowest BCUT2D eigenvalue weighted by molar-refractivity contribution is -0.124. The normalized spacial score (nSPS) is 12.4. The van der Waals surface area contributed by atoms with E-state index in [2.05, 4.69) is 34.7 Å². The molecule has 7 heteroatoms. The van der Waals surface area contributed by atoms with E-state index >= 15 is 0 Å². The van der Waals surface area contributed by atoms with Gasteiger partial charge in [-0.25, -0.2) is 4.68 Å². The van der Waals surface area contributed by atoms with E-state index in [1.165, 1.54) is 9.58 Å². The van der Waals surface area contributed by atoms with Gasteiger partial charge in [0.1, 0.15) is 6.04 Å². The Morgan fingerprint density at radius 1 is 1.20 bits per heavy atom. The number of aromatic nitrogens is 2. The van der Waals surface area contributed by atoms with Crippen molar-refractivity contribution in [3.63, 3.8) is 0 Å². The fourth-order valence-corrected chi connectivity index (χ4v) is 5.07. The van der Waals surface area contributed by atoms with E-state index in [1.807, 2.05) is 37.4 Å². The van der Waals surface area contributed by atoms with E-state index in [0.29, 0.717) is 11.9 Å². The number of hydrogen-bond donors (Lipinski definition) is 1. The first-order valence-electron chi connectivity index (χ1n) is 9.81. The lowest BCUT2D eigenvalue weighted by Crippen LogP contribution is -2.38. The molecule has 0 bridgehead atoms. The summed E-state index contributed by atoms with van der Waals surface area (Å²) >= 11 is 3.27. The lowest BCUT2D eigenvalue weighted by atomic mass is 10.1. The van der Waals surface area contributed by atoms with Gasteiger partial charge in [-0.1, -0.05) is 30.3 Å². The van der Waals surface area contributed by atoms with Gasteiger partial charge in [-0.15, -0.1) is 23.1 Å². The third-order valence-corrected chi connectivity index (χ3v) is 7.25. The van der Waals surface area contributed by atoms with Crippen molar-refractivity contribution in [1.29, 1.82) is 0 Å². The molecule has 0 radical (unpaired) electrons. The third kappa shape index (κ3) is 3.87. The van der Waals surface area contributed by atoms with Gasteiger partial charge in [0.15, 0.2) is 0 Å². The number of fused-ring (bicyclic) bond motifs is 3. The molecule has 0 unspecified atom stereocenters. The van der Waals surface area contributed by atoms with Crippen LogP contribution in [-0.4, -0.2) is 28.5 Å². The lowest BCUT2D eigenvalue weighted by Gasteiger charge is -2.15. The van der Waals surface area contributed by atoms with E-state index in [-0.39, 0.29) is 11.5 Å². The van der Waals surface area contributed by atoms with Crippen molar-refractivity contribution in [3.05, 3.63) is 70.1 Å². The first-order valence-corrected chi connectivity index (χ1v) is 11.8. The minimum atomic E-state index is -0.682. The molecule has 0 saturated carbocycles. The highest BCUT2D eigenvalue weighted by molar-refractivity contribution is 7.98. The van der Waals surface area contributed by atoms with Crippen molar-refractivity contribution in [1.82, 2.24) is 15.1 Å². The Labute approximate surface area is 183 Å². The Bertz CT molecular complexity index is 1280. The molecular formula is C23H23N3O2S2. The van der Waals surface area contributed by atoms with Crippen molar-refractivity contribution in [3.8, 4) is 0 Å². The highest BCUT2D eigenvalue weighted by Crippen LogP contribution is 2.32. The van der Waals surface area contributed by atoms with Crippen LogP contribution in [0.15, 0.2) is 58.2 Å². The van der Waals surface area contributed by atoms with Gasteiger partial charge in [-0.2, -0.15) is 5.10 Å². The molecule has 0 aliphatic heterocycles. The minimum absolute atomic E-state index is 0.205. The van der Waals surface area contributed by atoms with Gasteiger partial charge in [0.05, 0.1) is 15.8 Å². The molecule has 0 aliphatic carbocycles. The van der Waals surface area contributed by atoms with Crippen LogP contribution in [-0.2, 0) is 11.2 Å². The van der Waals surface area contributed by atoms with E-state index in [9.17, 15) is 9.59 Å². The number of thioether (sulfide) groups is 1. The van der Waals surface area contributed by atoms with Crippen LogP contribution < -0.4 is 10.9 Å². The largest absolute Gasteiger partial charge is 0.354 e.